The molecule has 8 aromatic carbocycles. The molecule has 0 bridgehead atoms. The van der Waals surface area contributed by atoms with Gasteiger partial charge in [-0.2, -0.15) is 0 Å². The highest BCUT2D eigenvalue weighted by Gasteiger charge is 2.42. The summed E-state index contributed by atoms with van der Waals surface area (Å²) in [5, 5.41) is 7.45. The molecule has 10 aromatic rings. The maximum absolute atomic E-state index is 6.66. The predicted octanol–water partition coefficient (Wildman–Crippen LogP) is 16.2. The first-order chi connectivity index (χ1) is 31.7. The summed E-state index contributed by atoms with van der Waals surface area (Å²) in [5.74, 6) is 0. The Morgan fingerprint density at radius 1 is 0.576 bits per heavy atom. The van der Waals surface area contributed by atoms with Gasteiger partial charge in [-0.25, -0.2) is 0 Å². The third-order valence-corrected chi connectivity index (χ3v) is 15.3. The second-order valence-electron chi connectivity index (χ2n) is 20.9. The van der Waals surface area contributed by atoms with E-state index in [9.17, 15) is 0 Å². The highest BCUT2D eigenvalue weighted by Crippen LogP contribution is 2.56. The summed E-state index contributed by atoms with van der Waals surface area (Å²) in [6, 6.07) is 60.8. The van der Waals surface area contributed by atoms with Crippen molar-refractivity contribution < 1.29 is 4.42 Å². The first-order valence-electron chi connectivity index (χ1n) is 23.2. The third-order valence-electron chi connectivity index (χ3n) is 14.2. The lowest BCUT2D eigenvalue weighted by molar-refractivity contribution is 0.590. The van der Waals surface area contributed by atoms with Gasteiger partial charge in [0.05, 0.1) is 11.4 Å². The smallest absolute Gasteiger partial charge is 0.211 e. The molecule has 1 radical (unpaired) electrons. The van der Waals surface area contributed by atoms with Crippen molar-refractivity contribution in [2.45, 2.75) is 71.6 Å². The van der Waals surface area contributed by atoms with Gasteiger partial charge in [0.15, 0.2) is 0 Å². The first kappa shape index (κ1) is 40.7. The van der Waals surface area contributed by atoms with Crippen molar-refractivity contribution in [3.05, 3.63) is 186 Å². The molecule has 0 saturated carbocycles. The molecule has 0 amide bonds. The minimum atomic E-state index is -0.298. The number of benzene rings is 8. The largest absolute Gasteiger partial charge is 0.456 e. The van der Waals surface area contributed by atoms with E-state index in [2.05, 4.69) is 237 Å². The van der Waals surface area contributed by atoms with Crippen molar-refractivity contribution in [2.24, 2.45) is 0 Å². The molecule has 2 aliphatic rings. The van der Waals surface area contributed by atoms with Crippen molar-refractivity contribution in [1.29, 1.82) is 0 Å². The van der Waals surface area contributed by atoms with E-state index in [1.807, 2.05) is 11.3 Å². The number of anilines is 5. The van der Waals surface area contributed by atoms with Crippen LogP contribution in [0.1, 0.15) is 77.6 Å². The number of para-hydroxylation sites is 1. The number of nitrogens with one attached hydrogen (secondary N) is 1. The molecule has 0 unspecified atom stereocenters. The van der Waals surface area contributed by atoms with Gasteiger partial charge in [0, 0.05) is 55.0 Å². The summed E-state index contributed by atoms with van der Waals surface area (Å²) in [6.45, 7) is 18.5. The Morgan fingerprint density at radius 3 is 2.00 bits per heavy atom. The standard InChI is InChI=1S/C61H52BN2OS/c1-59(2,3)38-23-27-40(28-24-38)63-49-35-52-44(43-19-13-15-21-51(43)65-52)33-46(49)54-55-45(42-18-12-14-20-48(42)61(55,7)8)34-50-56(54)62-58-57(64(50)41-29-25-39(26-30-41)60(4,5)6)47-32-37(22-31-53(47)66-58)36-16-10-9-11-17-36/h9-35,63H,1-8H3. The van der Waals surface area contributed by atoms with Crippen LogP contribution in [0, 0.1) is 0 Å². The minimum Gasteiger partial charge on any atom is -0.456 e. The molecule has 2 aromatic heterocycles. The molecule has 1 N–H and O–H groups in total. The second-order valence-corrected chi connectivity index (χ2v) is 22.0. The van der Waals surface area contributed by atoms with E-state index >= 15 is 0 Å². The van der Waals surface area contributed by atoms with Crippen LogP contribution < -0.4 is 20.5 Å². The molecule has 3 heterocycles. The third kappa shape index (κ3) is 6.38. The fourth-order valence-electron chi connectivity index (χ4n) is 10.7. The van der Waals surface area contributed by atoms with Gasteiger partial charge < -0.3 is 14.6 Å². The highest BCUT2D eigenvalue weighted by molar-refractivity contribution is 7.29. The SMILES string of the molecule is CC(C)(C)c1ccc(Nc2cc3oc4ccccc4c3cc2-c2c3c(cc4c2C(C)(C)c2ccccc2-4)N(c2ccc(C(C)(C)C)cc2)c2c(sc4ccc(-c5ccccc5)cc24)[B]3)cc1. The lowest BCUT2D eigenvalue weighted by Crippen LogP contribution is -2.40. The zero-order valence-electron chi connectivity index (χ0n) is 38.9. The van der Waals surface area contributed by atoms with Gasteiger partial charge in [-0.15, -0.1) is 11.3 Å². The molecule has 12 rings (SSSR count). The number of hydrogen-bond donors (Lipinski definition) is 1. The number of thiophene rings is 1. The van der Waals surface area contributed by atoms with Gasteiger partial charge in [-0.3, -0.25) is 0 Å². The fraction of sp³-hybridized carbons (Fsp3) is 0.180. The maximum Gasteiger partial charge on any atom is 0.211 e. The van der Waals surface area contributed by atoms with Gasteiger partial charge in [0.25, 0.3) is 0 Å². The minimum absolute atomic E-state index is 0.0204. The number of furan rings is 1. The zero-order chi connectivity index (χ0) is 45.3. The molecule has 1 aliphatic carbocycles. The second kappa shape index (κ2) is 14.6. The van der Waals surface area contributed by atoms with Crippen molar-refractivity contribution in [2.75, 3.05) is 10.2 Å². The Morgan fingerprint density at radius 2 is 1.26 bits per heavy atom. The van der Waals surface area contributed by atoms with Crippen LogP contribution >= 0.6 is 11.3 Å². The van der Waals surface area contributed by atoms with Crippen LogP contribution in [0.25, 0.3) is 65.4 Å². The van der Waals surface area contributed by atoms with Crippen molar-refractivity contribution in [1.82, 2.24) is 0 Å². The molecule has 321 valence electrons. The van der Waals surface area contributed by atoms with Crippen LogP contribution in [-0.4, -0.2) is 7.28 Å². The molecule has 5 heteroatoms. The van der Waals surface area contributed by atoms with Crippen LogP contribution in [0.4, 0.5) is 28.4 Å². The Hall–Kier alpha value is -6.82. The number of nitrogens with zero attached hydrogens (tertiary/aromatic N) is 1. The van der Waals surface area contributed by atoms with Crippen LogP contribution in [0.5, 0.6) is 0 Å². The van der Waals surface area contributed by atoms with Crippen LogP contribution in [0.2, 0.25) is 0 Å². The van der Waals surface area contributed by atoms with E-state index in [0.29, 0.717) is 0 Å². The van der Waals surface area contributed by atoms with Crippen molar-refractivity contribution in [3.63, 3.8) is 0 Å². The van der Waals surface area contributed by atoms with Crippen LogP contribution in [0.15, 0.2) is 168 Å². The van der Waals surface area contributed by atoms with E-state index in [1.54, 1.807) is 0 Å². The van der Waals surface area contributed by atoms with Crippen molar-refractivity contribution >= 4 is 89.3 Å². The summed E-state index contributed by atoms with van der Waals surface area (Å²) < 4.78 is 9.18. The van der Waals surface area contributed by atoms with E-state index in [1.165, 1.54) is 81.8 Å². The Labute approximate surface area is 393 Å². The van der Waals surface area contributed by atoms with Crippen molar-refractivity contribution in [3.8, 4) is 33.4 Å². The van der Waals surface area contributed by atoms with Gasteiger partial charge in [-0.1, -0.05) is 159 Å². The van der Waals surface area contributed by atoms with Gasteiger partial charge in [-0.05, 0) is 126 Å². The molecular weight excluding hydrogens is 820 g/mol. The van der Waals surface area contributed by atoms with Gasteiger partial charge in [0.2, 0.25) is 7.28 Å². The molecule has 66 heavy (non-hydrogen) atoms. The summed E-state index contributed by atoms with van der Waals surface area (Å²) in [4.78, 5) is 2.58. The van der Waals surface area contributed by atoms with E-state index in [4.69, 9.17) is 4.42 Å². The average molecular weight is 872 g/mol. The molecule has 0 fully saturated rings. The van der Waals surface area contributed by atoms with Crippen LogP contribution in [0.3, 0.4) is 0 Å². The molecule has 1 aliphatic heterocycles. The van der Waals surface area contributed by atoms with E-state index in [0.717, 1.165) is 44.6 Å². The lowest BCUT2D eigenvalue weighted by atomic mass is 9.60. The molecule has 3 nitrogen and oxygen atoms in total. The summed E-state index contributed by atoms with van der Waals surface area (Å²) in [6.07, 6.45) is 0. The van der Waals surface area contributed by atoms with E-state index in [-0.39, 0.29) is 16.2 Å². The summed E-state index contributed by atoms with van der Waals surface area (Å²) in [7, 11) is 2.51. The topological polar surface area (TPSA) is 28.4 Å². The average Bonchev–Trinajstić information content (AvgIpc) is 3.93. The molecule has 0 atom stereocenters. The van der Waals surface area contributed by atoms with Gasteiger partial charge >= 0.3 is 0 Å². The number of hydrogen-bond acceptors (Lipinski definition) is 4. The number of rotatable bonds is 5. The zero-order valence-corrected chi connectivity index (χ0v) is 39.7. The Kier molecular flexibility index (Phi) is 8.99. The predicted molar refractivity (Wildman–Crippen MR) is 284 cm³/mol. The maximum atomic E-state index is 6.66. The number of fused-ring (bicyclic) bond motifs is 10. The normalized spacial score (nSPS) is 14.0. The monoisotopic (exact) mass is 871 g/mol. The molecule has 0 spiro atoms. The molecule has 0 saturated heterocycles. The fourth-order valence-corrected chi connectivity index (χ4v) is 11.8. The van der Waals surface area contributed by atoms with E-state index < -0.39 is 0 Å². The van der Waals surface area contributed by atoms with Crippen LogP contribution in [-0.2, 0) is 16.2 Å². The summed E-state index contributed by atoms with van der Waals surface area (Å²) in [5.41, 5.74) is 21.0. The lowest BCUT2D eigenvalue weighted by Gasteiger charge is -2.36. The van der Waals surface area contributed by atoms with Gasteiger partial charge in [0.1, 0.15) is 11.2 Å². The highest BCUT2D eigenvalue weighted by atomic mass is 32.1. The Bertz CT molecular complexity index is 3560. The quantitative estimate of drug-likeness (QED) is 0.175. The Balaban J connectivity index is 1.18. The first-order valence-corrected chi connectivity index (χ1v) is 24.1. The summed E-state index contributed by atoms with van der Waals surface area (Å²) >= 11 is 1.89. The molecular formula is C61H52BN2OS.